The van der Waals surface area contributed by atoms with Gasteiger partial charge in [-0.3, -0.25) is 9.88 Å². The molecule has 0 amide bonds. The van der Waals surface area contributed by atoms with Crippen molar-refractivity contribution >= 4 is 38.3 Å². The third-order valence-corrected chi connectivity index (χ3v) is 11.5. The predicted octanol–water partition coefficient (Wildman–Crippen LogP) is 5.83. The molecular formula is C33H34F3N9OS. The van der Waals surface area contributed by atoms with Crippen molar-refractivity contribution in [1.82, 2.24) is 34.6 Å². The van der Waals surface area contributed by atoms with Crippen LogP contribution in [0.15, 0.2) is 35.4 Å². The molecule has 1 saturated heterocycles. The molecule has 3 N–H and O–H groups in total. The van der Waals surface area contributed by atoms with Gasteiger partial charge in [0.2, 0.25) is 0 Å². The number of thiophene rings is 1. The number of benzene rings is 1. The van der Waals surface area contributed by atoms with E-state index in [4.69, 9.17) is 0 Å². The number of aromatic amines is 2. The molecular weight excluding hydrogens is 627 g/mol. The topological polar surface area (TPSA) is 131 Å². The van der Waals surface area contributed by atoms with Crippen LogP contribution in [-0.4, -0.2) is 59.9 Å². The van der Waals surface area contributed by atoms with Crippen LogP contribution < -0.4 is 11.0 Å². The molecule has 47 heavy (non-hydrogen) atoms. The van der Waals surface area contributed by atoms with E-state index < -0.39 is 12.6 Å². The normalized spacial score (nSPS) is 23.1. The highest BCUT2D eigenvalue weighted by Gasteiger charge is 2.67. The van der Waals surface area contributed by atoms with Gasteiger partial charge in [-0.2, -0.15) is 23.5 Å². The first-order valence-electron chi connectivity index (χ1n) is 15.9. The number of aromatic nitrogens is 6. The molecule has 1 aromatic carbocycles. The molecule has 0 atom stereocenters. The average molecular weight is 662 g/mol. The van der Waals surface area contributed by atoms with Crippen LogP contribution in [0.2, 0.25) is 0 Å². The number of nitrogens with one attached hydrogen (secondary N) is 3. The fraction of sp³-hybridized carbons (Fsp3) is 0.485. The summed E-state index contributed by atoms with van der Waals surface area (Å²) in [7, 11) is 0. The largest absolute Gasteiger partial charge is 0.393 e. The monoisotopic (exact) mass is 661 g/mol. The number of hydrogen-bond donors (Lipinski definition) is 3. The molecule has 10 nitrogen and oxygen atoms in total. The molecule has 0 unspecified atom stereocenters. The van der Waals surface area contributed by atoms with Gasteiger partial charge in [0.15, 0.2) is 0 Å². The summed E-state index contributed by atoms with van der Waals surface area (Å²) in [6.45, 7) is 5.55. The van der Waals surface area contributed by atoms with Crippen LogP contribution >= 0.6 is 11.3 Å². The Balaban J connectivity index is 0.905. The van der Waals surface area contributed by atoms with Crippen LogP contribution in [0.5, 0.6) is 0 Å². The van der Waals surface area contributed by atoms with Crippen LogP contribution in [0.3, 0.4) is 0 Å². The van der Waals surface area contributed by atoms with Gasteiger partial charge in [-0.15, -0.1) is 11.3 Å². The molecule has 5 aromatic rings. The Morgan fingerprint density at radius 3 is 2.62 bits per heavy atom. The molecule has 0 spiro atoms. The predicted molar refractivity (Wildman–Crippen MR) is 172 cm³/mol. The van der Waals surface area contributed by atoms with E-state index in [1.165, 1.54) is 17.5 Å². The van der Waals surface area contributed by atoms with E-state index in [0.717, 1.165) is 92.8 Å². The Labute approximate surface area is 272 Å². The zero-order chi connectivity index (χ0) is 32.6. The van der Waals surface area contributed by atoms with Crippen LogP contribution in [0, 0.1) is 29.1 Å². The van der Waals surface area contributed by atoms with Gasteiger partial charge in [0.05, 0.1) is 11.8 Å². The Morgan fingerprint density at radius 2 is 1.91 bits per heavy atom. The summed E-state index contributed by atoms with van der Waals surface area (Å²) < 4.78 is 41.0. The van der Waals surface area contributed by atoms with E-state index in [-0.39, 0.29) is 27.4 Å². The fourth-order valence-corrected chi connectivity index (χ4v) is 9.62. The molecule has 14 heteroatoms. The third kappa shape index (κ3) is 5.59. The second kappa shape index (κ2) is 10.9. The fourth-order valence-electron chi connectivity index (χ4n) is 8.60. The van der Waals surface area contributed by atoms with Gasteiger partial charge >= 0.3 is 11.9 Å². The molecule has 5 heterocycles. The second-order valence-corrected chi connectivity index (χ2v) is 15.1. The zero-order valence-corrected chi connectivity index (χ0v) is 26.7. The highest BCUT2D eigenvalue weighted by atomic mass is 32.1. The molecule has 9 rings (SSSR count). The van der Waals surface area contributed by atoms with E-state index in [0.29, 0.717) is 21.7 Å². The number of aryl methyl sites for hydroxylation is 1. The van der Waals surface area contributed by atoms with Crippen molar-refractivity contribution in [2.75, 3.05) is 18.4 Å². The summed E-state index contributed by atoms with van der Waals surface area (Å²) in [6.07, 6.45) is 2.00. The Morgan fingerprint density at radius 1 is 1.13 bits per heavy atom. The maximum Gasteiger partial charge on any atom is 0.393 e. The van der Waals surface area contributed by atoms with Gasteiger partial charge in [0.1, 0.15) is 34.6 Å². The van der Waals surface area contributed by atoms with Crippen molar-refractivity contribution in [1.29, 1.82) is 5.26 Å². The van der Waals surface area contributed by atoms with E-state index >= 15 is 0 Å². The number of rotatable bonds is 9. The number of anilines is 1. The maximum atomic E-state index is 12.9. The maximum absolute atomic E-state index is 12.9. The van der Waals surface area contributed by atoms with Gasteiger partial charge < -0.3 is 9.88 Å². The first kappa shape index (κ1) is 30.1. The lowest BCUT2D eigenvalue weighted by Gasteiger charge is -2.71. The van der Waals surface area contributed by atoms with E-state index in [1.54, 1.807) is 6.07 Å². The summed E-state index contributed by atoms with van der Waals surface area (Å²) in [6, 6.07) is 10.6. The smallest absolute Gasteiger partial charge is 0.367 e. The zero-order valence-electron chi connectivity index (χ0n) is 25.9. The van der Waals surface area contributed by atoms with Crippen molar-refractivity contribution in [3.05, 3.63) is 68.6 Å². The van der Waals surface area contributed by atoms with E-state index in [1.807, 2.05) is 6.07 Å². The molecule has 2 bridgehead atoms. The van der Waals surface area contributed by atoms with Crippen molar-refractivity contribution < 1.29 is 13.2 Å². The van der Waals surface area contributed by atoms with Crippen molar-refractivity contribution in [3.8, 4) is 6.07 Å². The highest BCUT2D eigenvalue weighted by Crippen LogP contribution is 2.75. The SMILES string of the molecule is Cc1c(CN2CCC(Nc3ncnc4sc(CC(F)(F)F)cc34)CC2)ccc2c1cc(C#N)n2CC12CC(Cc3n[nH]c(=O)[nH]3)(C1)C2. The molecule has 3 saturated carbocycles. The summed E-state index contributed by atoms with van der Waals surface area (Å²) in [5.74, 6) is 1.32. The second-order valence-electron chi connectivity index (χ2n) is 14.0. The average Bonchev–Trinajstić information content (AvgIpc) is 3.69. The number of likely N-dealkylation sites (tertiary alicyclic amines) is 1. The van der Waals surface area contributed by atoms with E-state index in [9.17, 15) is 23.2 Å². The van der Waals surface area contributed by atoms with Crippen LogP contribution in [0.4, 0.5) is 19.0 Å². The summed E-state index contributed by atoms with van der Waals surface area (Å²) in [4.78, 5) is 26.0. The lowest BCUT2D eigenvalue weighted by atomic mass is 9.34. The first-order valence-corrected chi connectivity index (χ1v) is 16.8. The number of halogens is 3. The first-order chi connectivity index (χ1) is 22.5. The van der Waals surface area contributed by atoms with Crippen molar-refractivity contribution in [3.63, 3.8) is 0 Å². The number of alkyl halides is 3. The Kier molecular flexibility index (Phi) is 7.00. The van der Waals surface area contributed by atoms with Crippen LogP contribution in [0.1, 0.15) is 59.6 Å². The van der Waals surface area contributed by atoms with Gasteiger partial charge in [0, 0.05) is 54.4 Å². The van der Waals surface area contributed by atoms with Crippen LogP contribution in [-0.2, 0) is 25.9 Å². The number of nitrogens with zero attached hydrogens (tertiary/aromatic N) is 6. The van der Waals surface area contributed by atoms with Gasteiger partial charge in [-0.1, -0.05) is 6.07 Å². The number of H-pyrrole nitrogens is 2. The lowest BCUT2D eigenvalue weighted by Crippen LogP contribution is -2.64. The molecule has 4 aliphatic rings. The standard InChI is InChI=1S/C33H34F3N9OS/c1-19-20(13-44-6-4-21(5-7-44)40-28-25-9-23(10-33(34,35)36)47-29(25)39-18-38-28)2-3-26-24(19)8-22(12-37)45(26)17-32-14-31(15-32,16-32)11-27-41-30(46)43-42-27/h2-3,8-9,18,21H,4-7,10-11,13-17H2,1H3,(H,38,39,40)(H2,41,42,43,46). The molecule has 244 valence electrons. The Hall–Kier alpha value is -4.22. The van der Waals surface area contributed by atoms with Gasteiger partial charge in [0.25, 0.3) is 0 Å². The van der Waals surface area contributed by atoms with Gasteiger partial charge in [-0.25, -0.2) is 19.9 Å². The molecule has 1 aliphatic heterocycles. The highest BCUT2D eigenvalue weighted by molar-refractivity contribution is 7.18. The lowest BCUT2D eigenvalue weighted by molar-refractivity contribution is -0.211. The summed E-state index contributed by atoms with van der Waals surface area (Å²) in [5.41, 5.74) is 4.39. The minimum absolute atomic E-state index is 0.170. The Bertz CT molecular complexity index is 2070. The van der Waals surface area contributed by atoms with Gasteiger partial charge in [-0.05, 0) is 79.2 Å². The quantitative estimate of drug-likeness (QED) is 0.181. The molecule has 4 fully saturated rings. The summed E-state index contributed by atoms with van der Waals surface area (Å²) in [5, 5.41) is 21.8. The van der Waals surface area contributed by atoms with Crippen LogP contribution in [0.25, 0.3) is 21.1 Å². The molecule has 3 aliphatic carbocycles. The number of fused-ring (bicyclic) bond motifs is 2. The van der Waals surface area contributed by atoms with Crippen molar-refractivity contribution in [2.24, 2.45) is 10.8 Å². The summed E-state index contributed by atoms with van der Waals surface area (Å²) >= 11 is 1.07. The number of piperidine rings is 1. The van der Waals surface area contributed by atoms with E-state index in [2.05, 4.69) is 65.1 Å². The molecule has 0 radical (unpaired) electrons. The number of hydrogen-bond acceptors (Lipinski definition) is 8. The number of nitriles is 1. The molecule has 4 aromatic heterocycles. The minimum Gasteiger partial charge on any atom is -0.367 e. The third-order valence-electron chi connectivity index (χ3n) is 10.5. The minimum atomic E-state index is -4.26. The van der Waals surface area contributed by atoms with Crippen molar-refractivity contribution in [2.45, 2.75) is 77.2 Å².